The number of fused-ring (bicyclic) bond motifs is 2. The van der Waals surface area contributed by atoms with Gasteiger partial charge in [-0.2, -0.15) is 0 Å². The lowest BCUT2D eigenvalue weighted by atomic mass is 9.94. The summed E-state index contributed by atoms with van der Waals surface area (Å²) < 4.78 is 17.5. The number of hydrogen-bond acceptors (Lipinski definition) is 6. The van der Waals surface area contributed by atoms with E-state index in [2.05, 4.69) is 37.4 Å². The van der Waals surface area contributed by atoms with E-state index in [0.717, 1.165) is 54.2 Å². The number of amides is 1. The summed E-state index contributed by atoms with van der Waals surface area (Å²) in [6.07, 6.45) is 5.33. The number of likely N-dealkylation sites (N-methyl/N-ethyl adjacent to an activating group) is 1. The Morgan fingerprint density at radius 2 is 1.86 bits per heavy atom. The number of aromatic nitrogens is 3. The molecule has 9 heteroatoms. The van der Waals surface area contributed by atoms with E-state index in [9.17, 15) is 4.79 Å². The first-order valence-electron chi connectivity index (χ1n) is 11.7. The molecule has 0 bridgehead atoms. The van der Waals surface area contributed by atoms with Gasteiger partial charge in [-0.1, -0.05) is 0 Å². The summed E-state index contributed by atoms with van der Waals surface area (Å²) in [6, 6.07) is 9.16. The number of rotatable bonds is 4. The fraction of sp³-hybridized carbons (Fsp3) is 0.269. The van der Waals surface area contributed by atoms with Crippen LogP contribution < -0.4 is 15.5 Å². The van der Waals surface area contributed by atoms with Gasteiger partial charge < -0.3 is 25.0 Å². The van der Waals surface area contributed by atoms with Crippen LogP contribution in [0.25, 0.3) is 22.2 Å². The highest BCUT2D eigenvalue weighted by molar-refractivity contribution is 6.07. The van der Waals surface area contributed by atoms with Crippen LogP contribution in [0.5, 0.6) is 0 Å². The first-order valence-corrected chi connectivity index (χ1v) is 11.7. The van der Waals surface area contributed by atoms with Crippen LogP contribution >= 0.6 is 0 Å². The van der Waals surface area contributed by atoms with Crippen LogP contribution in [0.1, 0.15) is 15.9 Å². The Bertz CT molecular complexity index is 1440. The first-order chi connectivity index (χ1) is 17.0. The second-order valence-corrected chi connectivity index (χ2v) is 9.16. The van der Waals surface area contributed by atoms with Crippen LogP contribution in [0.15, 0.2) is 48.9 Å². The lowest BCUT2D eigenvalue weighted by Gasteiger charge is -2.33. The van der Waals surface area contributed by atoms with E-state index in [4.69, 9.17) is 0 Å². The SMILES string of the molecule is CN1CCN(c2ccc(Nc3c(F)cc(-c4ccnc5c4ccn5C)c4c3C(=O)NC4)cn2)CC1. The lowest BCUT2D eigenvalue weighted by molar-refractivity contribution is 0.0966. The predicted octanol–water partition coefficient (Wildman–Crippen LogP) is 3.51. The van der Waals surface area contributed by atoms with Crippen molar-refractivity contribution < 1.29 is 9.18 Å². The molecule has 178 valence electrons. The van der Waals surface area contributed by atoms with Crippen molar-refractivity contribution in [2.24, 2.45) is 7.05 Å². The minimum absolute atomic E-state index is 0.172. The first kappa shape index (κ1) is 21.5. The number of carbonyl (C=O) groups is 1. The molecule has 1 aromatic carbocycles. The number of carbonyl (C=O) groups excluding carboxylic acids is 1. The standard InChI is InChI=1S/C26H26FN7O/c1-32-9-11-34(12-10-32)22-4-3-16(14-29-22)31-24-21(27)13-19(20-15-30-26(35)23(20)24)17-5-7-28-25-18(17)6-8-33(25)2/h3-8,13-14,31H,9-12,15H2,1-2H3,(H,30,35). The number of nitrogens with one attached hydrogen (secondary N) is 2. The number of piperazine rings is 1. The summed E-state index contributed by atoms with van der Waals surface area (Å²) in [5, 5.41) is 6.90. The Labute approximate surface area is 202 Å². The molecule has 0 aliphatic carbocycles. The van der Waals surface area contributed by atoms with Crippen molar-refractivity contribution in [3.05, 3.63) is 65.9 Å². The molecule has 1 amide bonds. The molecule has 3 aromatic heterocycles. The van der Waals surface area contributed by atoms with Crippen molar-refractivity contribution in [1.29, 1.82) is 0 Å². The van der Waals surface area contributed by atoms with Crippen LogP contribution in [-0.4, -0.2) is 58.6 Å². The molecular weight excluding hydrogens is 445 g/mol. The fourth-order valence-corrected chi connectivity index (χ4v) is 4.97. The maximum absolute atomic E-state index is 15.6. The lowest BCUT2D eigenvalue weighted by Crippen LogP contribution is -2.44. The summed E-state index contributed by atoms with van der Waals surface area (Å²) in [6.45, 7) is 4.17. The second kappa shape index (κ2) is 8.35. The average Bonchev–Trinajstić information content (AvgIpc) is 3.45. The summed E-state index contributed by atoms with van der Waals surface area (Å²) in [5.74, 6) is 0.121. The van der Waals surface area contributed by atoms with E-state index < -0.39 is 5.82 Å². The number of anilines is 3. The molecule has 2 N–H and O–H groups in total. The Hall–Kier alpha value is -3.98. The predicted molar refractivity (Wildman–Crippen MR) is 135 cm³/mol. The van der Waals surface area contributed by atoms with Gasteiger partial charge in [0.2, 0.25) is 0 Å². The van der Waals surface area contributed by atoms with Gasteiger partial charge >= 0.3 is 0 Å². The van der Waals surface area contributed by atoms with Crippen LogP contribution in [0.2, 0.25) is 0 Å². The van der Waals surface area contributed by atoms with Gasteiger partial charge in [0.1, 0.15) is 17.3 Å². The van der Waals surface area contributed by atoms with Gasteiger partial charge in [-0.3, -0.25) is 4.79 Å². The maximum atomic E-state index is 15.6. The minimum Gasteiger partial charge on any atom is -0.354 e. The number of nitrogens with zero attached hydrogens (tertiary/aromatic N) is 5. The van der Waals surface area contributed by atoms with Gasteiger partial charge in [-0.25, -0.2) is 14.4 Å². The van der Waals surface area contributed by atoms with E-state index in [-0.39, 0.29) is 11.6 Å². The van der Waals surface area contributed by atoms with Gasteiger partial charge in [-0.15, -0.1) is 0 Å². The third-order valence-corrected chi connectivity index (χ3v) is 6.94. The van der Waals surface area contributed by atoms with E-state index in [1.807, 2.05) is 42.1 Å². The van der Waals surface area contributed by atoms with Gasteiger partial charge in [0.25, 0.3) is 5.91 Å². The molecule has 2 aliphatic heterocycles. The minimum atomic E-state index is -0.486. The molecule has 1 saturated heterocycles. The van der Waals surface area contributed by atoms with Crippen molar-refractivity contribution in [3.8, 4) is 11.1 Å². The Morgan fingerprint density at radius 3 is 2.63 bits per heavy atom. The van der Waals surface area contributed by atoms with E-state index in [1.54, 1.807) is 12.4 Å². The van der Waals surface area contributed by atoms with Crippen molar-refractivity contribution in [3.63, 3.8) is 0 Å². The molecule has 0 radical (unpaired) electrons. The van der Waals surface area contributed by atoms with Crippen LogP contribution in [0.4, 0.5) is 21.6 Å². The van der Waals surface area contributed by atoms with Gasteiger partial charge in [0.15, 0.2) is 0 Å². The molecule has 0 spiro atoms. The molecule has 6 rings (SSSR count). The highest BCUT2D eigenvalue weighted by Gasteiger charge is 2.30. The van der Waals surface area contributed by atoms with Crippen molar-refractivity contribution in [1.82, 2.24) is 24.8 Å². The van der Waals surface area contributed by atoms with Crippen LogP contribution in [0, 0.1) is 5.82 Å². The monoisotopic (exact) mass is 471 g/mol. The molecule has 2 aliphatic rings. The van der Waals surface area contributed by atoms with Gasteiger partial charge in [-0.05, 0) is 54.1 Å². The molecular formula is C26H26FN7O. The second-order valence-electron chi connectivity index (χ2n) is 9.16. The number of aryl methyl sites for hydroxylation is 1. The third kappa shape index (κ3) is 3.68. The van der Waals surface area contributed by atoms with Crippen LogP contribution in [0.3, 0.4) is 0 Å². The summed E-state index contributed by atoms with van der Waals surface area (Å²) in [7, 11) is 4.04. The Morgan fingerprint density at radius 1 is 1.03 bits per heavy atom. The average molecular weight is 472 g/mol. The largest absolute Gasteiger partial charge is 0.354 e. The van der Waals surface area contributed by atoms with E-state index in [1.165, 1.54) is 6.07 Å². The molecule has 5 heterocycles. The zero-order valence-corrected chi connectivity index (χ0v) is 19.7. The van der Waals surface area contributed by atoms with Crippen LogP contribution in [-0.2, 0) is 13.6 Å². The molecule has 0 saturated carbocycles. The summed E-state index contributed by atoms with van der Waals surface area (Å²) in [5.41, 5.74) is 4.27. The van der Waals surface area contributed by atoms with Crippen molar-refractivity contribution in [2.45, 2.75) is 6.54 Å². The van der Waals surface area contributed by atoms with Gasteiger partial charge in [0, 0.05) is 57.6 Å². The smallest absolute Gasteiger partial charge is 0.254 e. The number of hydrogen-bond donors (Lipinski definition) is 2. The molecule has 0 atom stereocenters. The number of pyridine rings is 2. The molecule has 4 aromatic rings. The van der Waals surface area contributed by atoms with Gasteiger partial charge in [0.05, 0.1) is 23.1 Å². The Balaban J connectivity index is 1.36. The molecule has 0 unspecified atom stereocenters. The summed E-state index contributed by atoms with van der Waals surface area (Å²) in [4.78, 5) is 26.4. The zero-order valence-electron chi connectivity index (χ0n) is 19.7. The fourth-order valence-electron chi connectivity index (χ4n) is 4.97. The molecule has 35 heavy (non-hydrogen) atoms. The highest BCUT2D eigenvalue weighted by atomic mass is 19.1. The van der Waals surface area contributed by atoms with E-state index >= 15 is 4.39 Å². The van der Waals surface area contributed by atoms with E-state index in [0.29, 0.717) is 23.4 Å². The zero-order chi connectivity index (χ0) is 24.1. The van der Waals surface area contributed by atoms with Crippen molar-refractivity contribution in [2.75, 3.05) is 43.4 Å². The number of benzene rings is 1. The van der Waals surface area contributed by atoms with Crippen molar-refractivity contribution >= 4 is 34.1 Å². The topological polar surface area (TPSA) is 78.3 Å². The molecule has 1 fully saturated rings. The number of halogens is 1. The third-order valence-electron chi connectivity index (χ3n) is 6.94. The molecule has 8 nitrogen and oxygen atoms in total. The highest BCUT2D eigenvalue weighted by Crippen LogP contribution is 2.39. The maximum Gasteiger partial charge on any atom is 0.254 e. The quantitative estimate of drug-likeness (QED) is 0.474. The normalized spacial score (nSPS) is 16.0. The Kier molecular flexibility index (Phi) is 5.14. The summed E-state index contributed by atoms with van der Waals surface area (Å²) >= 11 is 0.